The Morgan fingerprint density at radius 3 is 2.79 bits per heavy atom. The Balaban J connectivity index is 2.83. The number of nitrogens with zero attached hydrogens (tertiary/aromatic N) is 1. The van der Waals surface area contributed by atoms with Crippen molar-refractivity contribution in [3.8, 4) is 0 Å². The topological polar surface area (TPSA) is 48.4 Å². The number of rotatable bonds is 4. The first kappa shape index (κ1) is 10.7. The fraction of sp³-hybridized carbons (Fsp3) is 0.400. The third-order valence-corrected chi connectivity index (χ3v) is 1.86. The first-order valence-electron chi connectivity index (χ1n) is 4.27. The summed E-state index contributed by atoms with van der Waals surface area (Å²) < 4.78 is 9.60. The van der Waals surface area contributed by atoms with Crippen LogP contribution in [0.25, 0.3) is 0 Å². The average Bonchev–Trinajstić information content (AvgIpc) is 2.26. The van der Waals surface area contributed by atoms with Crippen LogP contribution in [0.4, 0.5) is 0 Å². The number of aromatic nitrogens is 1. The molecule has 0 aromatic carbocycles. The van der Waals surface area contributed by atoms with Crippen LogP contribution in [0.3, 0.4) is 0 Å². The van der Waals surface area contributed by atoms with Gasteiger partial charge in [0.2, 0.25) is 0 Å². The lowest BCUT2D eigenvalue weighted by molar-refractivity contribution is -0.143. The third kappa shape index (κ3) is 2.53. The van der Waals surface area contributed by atoms with E-state index < -0.39 is 5.92 Å². The maximum Gasteiger partial charge on any atom is 0.317 e. The Kier molecular flexibility index (Phi) is 4.07. The lowest BCUT2D eigenvalue weighted by Gasteiger charge is -2.12. The number of hydrogen-bond donors (Lipinski definition) is 0. The summed E-state index contributed by atoms with van der Waals surface area (Å²) in [4.78, 5) is 15.4. The van der Waals surface area contributed by atoms with Crippen LogP contribution in [0.15, 0.2) is 24.4 Å². The molecule has 0 fully saturated rings. The number of carbonyl (C=O) groups is 1. The van der Waals surface area contributed by atoms with Gasteiger partial charge in [-0.25, -0.2) is 0 Å². The zero-order valence-corrected chi connectivity index (χ0v) is 8.27. The number of carbonyl (C=O) groups excluding carboxylic acids is 1. The van der Waals surface area contributed by atoms with Crippen molar-refractivity contribution < 1.29 is 14.3 Å². The van der Waals surface area contributed by atoms with Crippen LogP contribution in [-0.2, 0) is 14.3 Å². The lowest BCUT2D eigenvalue weighted by Crippen LogP contribution is -2.19. The molecule has 0 N–H and O–H groups in total. The van der Waals surface area contributed by atoms with Crippen LogP contribution < -0.4 is 0 Å². The SMILES string of the molecule is COCC(C(=O)OC)c1ccccn1. The first-order valence-corrected chi connectivity index (χ1v) is 4.27. The van der Waals surface area contributed by atoms with Gasteiger partial charge in [0.1, 0.15) is 5.92 Å². The largest absolute Gasteiger partial charge is 0.468 e. The number of hydrogen-bond acceptors (Lipinski definition) is 4. The van der Waals surface area contributed by atoms with E-state index in [0.29, 0.717) is 5.69 Å². The second-order valence-corrected chi connectivity index (χ2v) is 2.79. The van der Waals surface area contributed by atoms with E-state index in [0.717, 1.165) is 0 Å². The summed E-state index contributed by atoms with van der Waals surface area (Å²) in [5.74, 6) is -0.767. The predicted molar refractivity (Wildman–Crippen MR) is 50.9 cm³/mol. The first-order chi connectivity index (χ1) is 6.79. The van der Waals surface area contributed by atoms with E-state index in [1.54, 1.807) is 25.4 Å². The highest BCUT2D eigenvalue weighted by atomic mass is 16.5. The molecule has 0 aliphatic heterocycles. The molecule has 1 aromatic heterocycles. The summed E-state index contributed by atoms with van der Waals surface area (Å²) in [7, 11) is 2.90. The van der Waals surface area contributed by atoms with Gasteiger partial charge in [0.15, 0.2) is 0 Å². The van der Waals surface area contributed by atoms with Gasteiger partial charge in [-0.1, -0.05) is 6.07 Å². The molecule has 1 heterocycles. The van der Waals surface area contributed by atoms with E-state index in [9.17, 15) is 4.79 Å². The summed E-state index contributed by atoms with van der Waals surface area (Å²) in [5, 5.41) is 0. The minimum Gasteiger partial charge on any atom is -0.468 e. The van der Waals surface area contributed by atoms with Gasteiger partial charge in [-0.3, -0.25) is 9.78 Å². The second-order valence-electron chi connectivity index (χ2n) is 2.79. The van der Waals surface area contributed by atoms with Crippen molar-refractivity contribution in [2.24, 2.45) is 0 Å². The highest BCUT2D eigenvalue weighted by Gasteiger charge is 2.22. The Hall–Kier alpha value is -1.42. The molecule has 1 aromatic rings. The minimum atomic E-state index is -0.439. The smallest absolute Gasteiger partial charge is 0.317 e. The number of methoxy groups -OCH3 is 2. The highest BCUT2D eigenvalue weighted by Crippen LogP contribution is 2.14. The van der Waals surface area contributed by atoms with E-state index in [4.69, 9.17) is 4.74 Å². The van der Waals surface area contributed by atoms with Gasteiger partial charge in [0.05, 0.1) is 19.4 Å². The van der Waals surface area contributed by atoms with Crippen LogP contribution in [0, 0.1) is 0 Å². The molecule has 0 aliphatic carbocycles. The van der Waals surface area contributed by atoms with E-state index >= 15 is 0 Å². The van der Waals surface area contributed by atoms with Crippen molar-refractivity contribution in [1.29, 1.82) is 0 Å². The molecule has 14 heavy (non-hydrogen) atoms. The van der Waals surface area contributed by atoms with Crippen molar-refractivity contribution in [2.45, 2.75) is 5.92 Å². The molecule has 0 saturated heterocycles. The molecule has 0 aliphatic rings. The predicted octanol–water partition coefficient (Wildman–Crippen LogP) is 0.985. The maximum absolute atomic E-state index is 11.4. The summed E-state index contributed by atoms with van der Waals surface area (Å²) in [6.07, 6.45) is 1.64. The fourth-order valence-electron chi connectivity index (χ4n) is 1.17. The fourth-order valence-corrected chi connectivity index (χ4v) is 1.17. The van der Waals surface area contributed by atoms with Crippen molar-refractivity contribution in [2.75, 3.05) is 20.8 Å². The second kappa shape index (κ2) is 5.34. The van der Waals surface area contributed by atoms with Gasteiger partial charge in [0.25, 0.3) is 0 Å². The zero-order chi connectivity index (χ0) is 10.4. The van der Waals surface area contributed by atoms with Gasteiger partial charge in [-0.15, -0.1) is 0 Å². The van der Waals surface area contributed by atoms with Gasteiger partial charge in [-0.2, -0.15) is 0 Å². The Labute approximate surface area is 82.9 Å². The van der Waals surface area contributed by atoms with Crippen LogP contribution in [-0.4, -0.2) is 31.8 Å². The molecule has 1 rings (SSSR count). The van der Waals surface area contributed by atoms with Crippen LogP contribution in [0.5, 0.6) is 0 Å². The standard InChI is InChI=1S/C10H13NO3/c1-13-7-8(10(12)14-2)9-5-3-4-6-11-9/h3-6,8H,7H2,1-2H3. The summed E-state index contributed by atoms with van der Waals surface area (Å²) in [5.41, 5.74) is 0.668. The molecule has 1 atom stereocenters. The molecule has 4 heteroatoms. The van der Waals surface area contributed by atoms with E-state index in [1.807, 2.05) is 6.07 Å². The highest BCUT2D eigenvalue weighted by molar-refractivity contribution is 5.77. The molecular weight excluding hydrogens is 182 g/mol. The average molecular weight is 195 g/mol. The van der Waals surface area contributed by atoms with Gasteiger partial charge < -0.3 is 9.47 Å². The quantitative estimate of drug-likeness (QED) is 0.672. The van der Waals surface area contributed by atoms with E-state index in [-0.39, 0.29) is 12.6 Å². The molecular formula is C10H13NO3. The monoisotopic (exact) mass is 195 g/mol. The zero-order valence-electron chi connectivity index (χ0n) is 8.27. The number of pyridine rings is 1. The number of ether oxygens (including phenoxy) is 2. The Morgan fingerprint density at radius 2 is 2.29 bits per heavy atom. The van der Waals surface area contributed by atoms with Crippen molar-refractivity contribution >= 4 is 5.97 Å². The molecule has 0 saturated carbocycles. The van der Waals surface area contributed by atoms with E-state index in [2.05, 4.69) is 9.72 Å². The molecule has 0 amide bonds. The van der Waals surface area contributed by atoms with Crippen LogP contribution >= 0.6 is 0 Å². The van der Waals surface area contributed by atoms with Gasteiger partial charge in [0, 0.05) is 13.3 Å². The molecule has 1 unspecified atom stereocenters. The van der Waals surface area contributed by atoms with Crippen LogP contribution in [0.1, 0.15) is 11.6 Å². The minimum absolute atomic E-state index is 0.281. The van der Waals surface area contributed by atoms with Gasteiger partial charge in [-0.05, 0) is 12.1 Å². The van der Waals surface area contributed by atoms with Crippen molar-refractivity contribution in [1.82, 2.24) is 4.98 Å². The molecule has 0 radical (unpaired) electrons. The number of esters is 1. The lowest BCUT2D eigenvalue weighted by atomic mass is 10.1. The molecule has 4 nitrogen and oxygen atoms in total. The van der Waals surface area contributed by atoms with Crippen molar-refractivity contribution in [3.63, 3.8) is 0 Å². The van der Waals surface area contributed by atoms with Gasteiger partial charge >= 0.3 is 5.97 Å². The molecule has 0 spiro atoms. The molecule has 76 valence electrons. The van der Waals surface area contributed by atoms with Crippen LogP contribution in [0.2, 0.25) is 0 Å². The third-order valence-electron chi connectivity index (χ3n) is 1.86. The maximum atomic E-state index is 11.4. The summed E-state index contributed by atoms with van der Waals surface area (Å²) in [6.45, 7) is 0.281. The summed E-state index contributed by atoms with van der Waals surface area (Å²) in [6, 6.07) is 5.40. The Morgan fingerprint density at radius 1 is 1.50 bits per heavy atom. The normalized spacial score (nSPS) is 12.1. The van der Waals surface area contributed by atoms with Crippen molar-refractivity contribution in [3.05, 3.63) is 30.1 Å². The molecule has 0 bridgehead atoms. The Bertz CT molecular complexity index is 287. The van der Waals surface area contributed by atoms with E-state index in [1.165, 1.54) is 7.11 Å². The summed E-state index contributed by atoms with van der Waals surface area (Å²) >= 11 is 0.